The Morgan fingerprint density at radius 1 is 1.53 bits per heavy atom. The van der Waals surface area contributed by atoms with Crippen molar-refractivity contribution in [3.63, 3.8) is 0 Å². The molecular weight excluding hydrogens is 258 g/mol. The van der Waals surface area contributed by atoms with E-state index in [2.05, 4.69) is 0 Å². The summed E-state index contributed by atoms with van der Waals surface area (Å²) in [7, 11) is 0. The second kappa shape index (κ2) is 4.26. The minimum Gasteiger partial charge on any atom is -0.379 e. The van der Waals surface area contributed by atoms with Gasteiger partial charge in [0.2, 0.25) is 0 Å². The van der Waals surface area contributed by atoms with Gasteiger partial charge in [-0.15, -0.1) is 11.3 Å². The van der Waals surface area contributed by atoms with E-state index in [1.807, 2.05) is 10.3 Å². The minimum absolute atomic E-state index is 0.0572. The molecule has 1 aliphatic heterocycles. The fraction of sp³-hybridized carbons (Fsp3) is 0.583. The average Bonchev–Trinajstić information content (AvgIpc) is 3.02. The Balaban J connectivity index is 1.79. The van der Waals surface area contributed by atoms with Crippen LogP contribution in [0.3, 0.4) is 0 Å². The molecule has 5 heteroatoms. The number of carbonyl (C=O) groups is 1. The first-order chi connectivity index (χ1) is 8.20. The van der Waals surface area contributed by atoms with Gasteiger partial charge in [0.05, 0.1) is 18.2 Å². The van der Waals surface area contributed by atoms with Crippen molar-refractivity contribution in [2.75, 3.05) is 26.3 Å². The molecule has 3 nitrogen and oxygen atoms in total. The lowest BCUT2D eigenvalue weighted by Crippen LogP contribution is -2.36. The molecule has 1 saturated heterocycles. The third-order valence-corrected chi connectivity index (χ3v) is 4.83. The van der Waals surface area contributed by atoms with Gasteiger partial charge in [-0.2, -0.15) is 0 Å². The summed E-state index contributed by atoms with van der Waals surface area (Å²) in [5.41, 5.74) is 0.246. The molecule has 0 bridgehead atoms. The van der Waals surface area contributed by atoms with E-state index in [1.165, 1.54) is 24.2 Å². The number of halogens is 1. The van der Waals surface area contributed by atoms with Gasteiger partial charge in [0, 0.05) is 18.5 Å². The summed E-state index contributed by atoms with van der Waals surface area (Å²) >= 11 is 7.43. The van der Waals surface area contributed by atoms with Gasteiger partial charge in [0.25, 0.3) is 5.91 Å². The molecule has 1 spiro atoms. The van der Waals surface area contributed by atoms with E-state index in [1.54, 1.807) is 6.07 Å². The van der Waals surface area contributed by atoms with E-state index in [0.717, 1.165) is 13.2 Å². The van der Waals surface area contributed by atoms with Crippen molar-refractivity contribution in [2.45, 2.75) is 12.8 Å². The highest BCUT2D eigenvalue weighted by Crippen LogP contribution is 2.47. The van der Waals surface area contributed by atoms with Crippen LogP contribution in [0.15, 0.2) is 11.4 Å². The van der Waals surface area contributed by atoms with Gasteiger partial charge in [-0.25, -0.2) is 0 Å². The van der Waals surface area contributed by atoms with E-state index in [4.69, 9.17) is 16.3 Å². The fourth-order valence-corrected chi connectivity index (χ4v) is 3.34. The van der Waals surface area contributed by atoms with Crippen LogP contribution in [0.5, 0.6) is 0 Å². The first-order valence-corrected chi connectivity index (χ1v) is 7.06. The smallest absolute Gasteiger partial charge is 0.265 e. The van der Waals surface area contributed by atoms with E-state index < -0.39 is 0 Å². The van der Waals surface area contributed by atoms with E-state index in [9.17, 15) is 4.79 Å². The average molecular weight is 272 g/mol. The highest BCUT2D eigenvalue weighted by atomic mass is 35.5. The number of hydrogen-bond donors (Lipinski definition) is 0. The van der Waals surface area contributed by atoms with Crippen molar-refractivity contribution in [1.29, 1.82) is 0 Å². The first-order valence-electron chi connectivity index (χ1n) is 5.80. The normalized spacial score (nSPS) is 22.5. The van der Waals surface area contributed by atoms with Crippen molar-refractivity contribution in [3.8, 4) is 0 Å². The zero-order valence-corrected chi connectivity index (χ0v) is 11.0. The third-order valence-electron chi connectivity index (χ3n) is 3.50. The summed E-state index contributed by atoms with van der Waals surface area (Å²) in [6.45, 7) is 2.93. The molecule has 1 amide bonds. The lowest BCUT2D eigenvalue weighted by atomic mass is 10.1. The SMILES string of the molecule is O=C(c1sccc1Cl)N1CCOCC2(CC2)C1. The third kappa shape index (κ3) is 2.21. The van der Waals surface area contributed by atoms with Gasteiger partial charge in [-0.1, -0.05) is 11.6 Å². The van der Waals surface area contributed by atoms with Crippen LogP contribution >= 0.6 is 22.9 Å². The summed E-state index contributed by atoms with van der Waals surface area (Å²) in [5.74, 6) is 0.0572. The molecule has 1 aromatic rings. The molecule has 0 radical (unpaired) electrons. The van der Waals surface area contributed by atoms with Crippen molar-refractivity contribution in [3.05, 3.63) is 21.3 Å². The largest absolute Gasteiger partial charge is 0.379 e. The Bertz CT molecular complexity index is 441. The molecule has 92 valence electrons. The van der Waals surface area contributed by atoms with E-state index in [-0.39, 0.29) is 11.3 Å². The predicted molar refractivity (Wildman–Crippen MR) is 67.7 cm³/mol. The zero-order valence-electron chi connectivity index (χ0n) is 9.45. The molecule has 17 heavy (non-hydrogen) atoms. The second-order valence-electron chi connectivity index (χ2n) is 4.88. The molecule has 1 aliphatic carbocycles. The van der Waals surface area contributed by atoms with Crippen LogP contribution in [0.2, 0.25) is 5.02 Å². The molecule has 3 rings (SSSR count). The lowest BCUT2D eigenvalue weighted by Gasteiger charge is -2.22. The number of ether oxygens (including phenoxy) is 1. The lowest BCUT2D eigenvalue weighted by molar-refractivity contribution is 0.0740. The molecular formula is C12H14ClNO2S. The molecule has 1 aromatic heterocycles. The number of hydrogen-bond acceptors (Lipinski definition) is 3. The van der Waals surface area contributed by atoms with E-state index in [0.29, 0.717) is 23.1 Å². The van der Waals surface area contributed by atoms with Gasteiger partial charge >= 0.3 is 0 Å². The zero-order chi connectivity index (χ0) is 11.9. The van der Waals surface area contributed by atoms with Crippen molar-refractivity contribution in [2.24, 2.45) is 5.41 Å². The standard InChI is InChI=1S/C12H14ClNO2S/c13-9-1-6-17-10(9)11(15)14-4-5-16-8-12(7-14)2-3-12/h1,6H,2-5,7-8H2. The van der Waals surface area contributed by atoms with Gasteiger partial charge in [-0.3, -0.25) is 4.79 Å². The number of amides is 1. The Labute approximate surface area is 109 Å². The monoisotopic (exact) mass is 271 g/mol. The molecule has 2 heterocycles. The maximum absolute atomic E-state index is 12.3. The van der Waals surface area contributed by atoms with Gasteiger partial charge in [0.1, 0.15) is 4.88 Å². The van der Waals surface area contributed by atoms with Crippen LogP contribution in [0.1, 0.15) is 22.5 Å². The molecule has 1 saturated carbocycles. The maximum atomic E-state index is 12.3. The molecule has 0 N–H and O–H groups in total. The van der Waals surface area contributed by atoms with Crippen molar-refractivity contribution >= 4 is 28.8 Å². The summed E-state index contributed by atoms with van der Waals surface area (Å²) in [4.78, 5) is 14.9. The summed E-state index contributed by atoms with van der Waals surface area (Å²) in [6.07, 6.45) is 2.35. The van der Waals surface area contributed by atoms with Gasteiger partial charge in [0.15, 0.2) is 0 Å². The second-order valence-corrected chi connectivity index (χ2v) is 6.20. The maximum Gasteiger partial charge on any atom is 0.265 e. The summed E-state index contributed by atoms with van der Waals surface area (Å²) in [5, 5.41) is 2.42. The fourth-order valence-electron chi connectivity index (χ4n) is 2.24. The predicted octanol–water partition coefficient (Wildman–Crippen LogP) is 2.65. The van der Waals surface area contributed by atoms with E-state index >= 15 is 0 Å². The van der Waals surface area contributed by atoms with Crippen LogP contribution in [0.4, 0.5) is 0 Å². The molecule has 0 atom stereocenters. The quantitative estimate of drug-likeness (QED) is 0.786. The van der Waals surface area contributed by atoms with Crippen LogP contribution in [-0.4, -0.2) is 37.1 Å². The Kier molecular flexibility index (Phi) is 2.89. The van der Waals surface area contributed by atoms with Gasteiger partial charge < -0.3 is 9.64 Å². The number of thiophene rings is 1. The van der Waals surface area contributed by atoms with Crippen molar-refractivity contribution < 1.29 is 9.53 Å². The topological polar surface area (TPSA) is 29.5 Å². The molecule has 2 fully saturated rings. The highest BCUT2D eigenvalue weighted by Gasteiger charge is 2.46. The van der Waals surface area contributed by atoms with Crippen LogP contribution in [0, 0.1) is 5.41 Å². The number of carbonyl (C=O) groups excluding carboxylic acids is 1. The highest BCUT2D eigenvalue weighted by molar-refractivity contribution is 7.12. The Morgan fingerprint density at radius 3 is 3.00 bits per heavy atom. The Hall–Kier alpha value is -0.580. The number of rotatable bonds is 1. The van der Waals surface area contributed by atoms with Crippen LogP contribution < -0.4 is 0 Å². The van der Waals surface area contributed by atoms with Crippen LogP contribution in [0.25, 0.3) is 0 Å². The number of nitrogens with zero attached hydrogens (tertiary/aromatic N) is 1. The summed E-state index contributed by atoms with van der Waals surface area (Å²) < 4.78 is 5.58. The molecule has 0 aromatic carbocycles. The first kappa shape index (κ1) is 11.5. The Morgan fingerprint density at radius 2 is 2.35 bits per heavy atom. The van der Waals surface area contributed by atoms with Gasteiger partial charge in [-0.05, 0) is 24.3 Å². The molecule has 0 unspecified atom stereocenters. The van der Waals surface area contributed by atoms with Crippen molar-refractivity contribution in [1.82, 2.24) is 4.90 Å². The van der Waals surface area contributed by atoms with Crippen LogP contribution in [-0.2, 0) is 4.74 Å². The molecule has 2 aliphatic rings. The summed E-state index contributed by atoms with van der Waals surface area (Å²) in [6, 6.07) is 1.78. The minimum atomic E-state index is 0.0572.